The highest BCUT2D eigenvalue weighted by molar-refractivity contribution is 5.85. The number of carboxylic acids is 1. The van der Waals surface area contributed by atoms with Crippen LogP contribution in [0.1, 0.15) is 11.1 Å². The summed E-state index contributed by atoms with van der Waals surface area (Å²) in [7, 11) is 1.61. The Morgan fingerprint density at radius 3 is 2.86 bits per heavy atom. The Hall–Kier alpha value is -1.61. The molecule has 0 aliphatic carbocycles. The van der Waals surface area contributed by atoms with Gasteiger partial charge in [-0.1, -0.05) is 24.3 Å². The first-order valence-electron chi connectivity index (χ1n) is 4.22. The molecule has 14 heavy (non-hydrogen) atoms. The van der Waals surface area contributed by atoms with Crippen molar-refractivity contribution in [1.29, 1.82) is 0 Å². The van der Waals surface area contributed by atoms with Gasteiger partial charge < -0.3 is 9.84 Å². The molecule has 0 aliphatic rings. The number of ether oxygens (including phenoxy) is 1. The summed E-state index contributed by atoms with van der Waals surface area (Å²) < 4.78 is 4.99. The molecule has 3 heteroatoms. The van der Waals surface area contributed by atoms with E-state index in [0.29, 0.717) is 6.61 Å². The van der Waals surface area contributed by atoms with E-state index in [9.17, 15) is 4.79 Å². The topological polar surface area (TPSA) is 46.5 Å². The monoisotopic (exact) mass is 192 g/mol. The SMILES string of the molecule is COCc1ccccc1/C=C/C(=O)O. The first kappa shape index (κ1) is 10.5. The summed E-state index contributed by atoms with van der Waals surface area (Å²) in [5.74, 6) is -0.947. The van der Waals surface area contributed by atoms with E-state index in [1.54, 1.807) is 13.2 Å². The van der Waals surface area contributed by atoms with E-state index in [0.717, 1.165) is 17.2 Å². The van der Waals surface area contributed by atoms with E-state index in [2.05, 4.69) is 0 Å². The second-order valence-corrected chi connectivity index (χ2v) is 2.80. The van der Waals surface area contributed by atoms with Crippen LogP contribution in [0.5, 0.6) is 0 Å². The zero-order valence-corrected chi connectivity index (χ0v) is 7.93. The Kier molecular flexibility index (Phi) is 3.88. The number of carboxylic acid groups (broad SMARTS) is 1. The van der Waals surface area contributed by atoms with Gasteiger partial charge in [0.1, 0.15) is 0 Å². The lowest BCUT2D eigenvalue weighted by Crippen LogP contribution is -1.92. The molecule has 1 rings (SSSR count). The maximum absolute atomic E-state index is 10.3. The summed E-state index contributed by atoms with van der Waals surface area (Å²) in [4.78, 5) is 10.3. The molecule has 0 heterocycles. The van der Waals surface area contributed by atoms with E-state index in [1.807, 2.05) is 24.3 Å². The van der Waals surface area contributed by atoms with Crippen molar-refractivity contribution in [2.45, 2.75) is 6.61 Å². The molecule has 0 atom stereocenters. The molecule has 0 radical (unpaired) electrons. The lowest BCUT2D eigenvalue weighted by molar-refractivity contribution is -0.131. The average molecular weight is 192 g/mol. The fourth-order valence-corrected chi connectivity index (χ4v) is 1.14. The second kappa shape index (κ2) is 5.19. The highest BCUT2D eigenvalue weighted by Crippen LogP contribution is 2.11. The smallest absolute Gasteiger partial charge is 0.328 e. The number of methoxy groups -OCH3 is 1. The van der Waals surface area contributed by atoms with Crippen LogP contribution < -0.4 is 0 Å². The molecule has 0 unspecified atom stereocenters. The van der Waals surface area contributed by atoms with Crippen LogP contribution in [0.3, 0.4) is 0 Å². The van der Waals surface area contributed by atoms with Gasteiger partial charge in [0, 0.05) is 13.2 Å². The van der Waals surface area contributed by atoms with Crippen molar-refractivity contribution in [3.05, 3.63) is 41.5 Å². The summed E-state index contributed by atoms with van der Waals surface area (Å²) in [6, 6.07) is 7.52. The fourth-order valence-electron chi connectivity index (χ4n) is 1.14. The van der Waals surface area contributed by atoms with Crippen molar-refractivity contribution < 1.29 is 14.6 Å². The zero-order valence-electron chi connectivity index (χ0n) is 7.93. The van der Waals surface area contributed by atoms with Crippen LogP contribution in [0.25, 0.3) is 6.08 Å². The van der Waals surface area contributed by atoms with Gasteiger partial charge >= 0.3 is 5.97 Å². The molecule has 0 saturated carbocycles. The van der Waals surface area contributed by atoms with Gasteiger partial charge in [0.2, 0.25) is 0 Å². The fraction of sp³-hybridized carbons (Fsp3) is 0.182. The molecule has 1 aromatic rings. The molecule has 74 valence electrons. The van der Waals surface area contributed by atoms with Gasteiger partial charge in [-0.15, -0.1) is 0 Å². The minimum atomic E-state index is -0.947. The third kappa shape index (κ3) is 3.03. The van der Waals surface area contributed by atoms with Crippen LogP contribution in [0.4, 0.5) is 0 Å². The molecular weight excluding hydrogens is 180 g/mol. The molecule has 0 amide bonds. The number of aliphatic carboxylic acids is 1. The van der Waals surface area contributed by atoms with Crippen LogP contribution in [-0.2, 0) is 16.1 Å². The van der Waals surface area contributed by atoms with Crippen molar-refractivity contribution in [3.8, 4) is 0 Å². The van der Waals surface area contributed by atoms with Crippen molar-refractivity contribution in [1.82, 2.24) is 0 Å². The Labute approximate surface area is 82.6 Å². The Balaban J connectivity index is 2.89. The molecule has 0 saturated heterocycles. The molecule has 1 aromatic carbocycles. The minimum Gasteiger partial charge on any atom is -0.478 e. The van der Waals surface area contributed by atoms with Crippen molar-refractivity contribution in [2.75, 3.05) is 7.11 Å². The second-order valence-electron chi connectivity index (χ2n) is 2.80. The van der Waals surface area contributed by atoms with Crippen LogP contribution >= 0.6 is 0 Å². The van der Waals surface area contributed by atoms with Gasteiger partial charge in [-0.2, -0.15) is 0 Å². The van der Waals surface area contributed by atoms with Crippen LogP contribution in [0, 0.1) is 0 Å². The van der Waals surface area contributed by atoms with Crippen molar-refractivity contribution in [2.24, 2.45) is 0 Å². The van der Waals surface area contributed by atoms with Gasteiger partial charge in [0.15, 0.2) is 0 Å². The standard InChI is InChI=1S/C11H12O3/c1-14-8-10-5-3-2-4-9(10)6-7-11(12)13/h2-7H,8H2,1H3,(H,12,13)/b7-6+. The molecule has 1 N–H and O–H groups in total. The normalized spacial score (nSPS) is 10.6. The van der Waals surface area contributed by atoms with E-state index in [-0.39, 0.29) is 0 Å². The lowest BCUT2D eigenvalue weighted by atomic mass is 10.1. The summed E-state index contributed by atoms with van der Waals surface area (Å²) in [6.07, 6.45) is 2.69. The first-order chi connectivity index (χ1) is 6.74. The summed E-state index contributed by atoms with van der Waals surface area (Å²) in [6.45, 7) is 0.486. The van der Waals surface area contributed by atoms with E-state index in [4.69, 9.17) is 9.84 Å². The molecule has 0 spiro atoms. The van der Waals surface area contributed by atoms with Gasteiger partial charge in [0.05, 0.1) is 6.61 Å². The number of hydrogen-bond acceptors (Lipinski definition) is 2. The quantitative estimate of drug-likeness (QED) is 0.741. The number of hydrogen-bond donors (Lipinski definition) is 1. The summed E-state index contributed by atoms with van der Waals surface area (Å²) >= 11 is 0. The largest absolute Gasteiger partial charge is 0.478 e. The predicted molar refractivity (Wildman–Crippen MR) is 53.8 cm³/mol. The van der Waals surface area contributed by atoms with Crippen molar-refractivity contribution in [3.63, 3.8) is 0 Å². The number of rotatable bonds is 4. The highest BCUT2D eigenvalue weighted by atomic mass is 16.5. The molecule has 0 aromatic heterocycles. The molecule has 0 bridgehead atoms. The third-order valence-electron chi connectivity index (χ3n) is 1.76. The summed E-state index contributed by atoms with van der Waals surface area (Å²) in [5.41, 5.74) is 1.85. The minimum absolute atomic E-state index is 0.486. The van der Waals surface area contributed by atoms with Crippen LogP contribution in [-0.4, -0.2) is 18.2 Å². The zero-order chi connectivity index (χ0) is 10.4. The van der Waals surface area contributed by atoms with Crippen molar-refractivity contribution >= 4 is 12.0 Å². The van der Waals surface area contributed by atoms with Crippen LogP contribution in [0.2, 0.25) is 0 Å². The van der Waals surface area contributed by atoms with E-state index >= 15 is 0 Å². The average Bonchev–Trinajstić information content (AvgIpc) is 2.17. The van der Waals surface area contributed by atoms with E-state index in [1.165, 1.54) is 0 Å². The summed E-state index contributed by atoms with van der Waals surface area (Å²) in [5, 5.41) is 8.48. The van der Waals surface area contributed by atoms with Gasteiger partial charge in [-0.25, -0.2) is 4.79 Å². The maximum atomic E-state index is 10.3. The Bertz CT molecular complexity index is 342. The molecular formula is C11H12O3. The number of benzene rings is 1. The van der Waals surface area contributed by atoms with Gasteiger partial charge in [0.25, 0.3) is 0 Å². The number of carbonyl (C=O) groups is 1. The molecule has 3 nitrogen and oxygen atoms in total. The predicted octanol–water partition coefficient (Wildman–Crippen LogP) is 1.93. The highest BCUT2D eigenvalue weighted by Gasteiger charge is 1.97. The Morgan fingerprint density at radius 1 is 1.50 bits per heavy atom. The first-order valence-corrected chi connectivity index (χ1v) is 4.22. The van der Waals surface area contributed by atoms with Gasteiger partial charge in [-0.3, -0.25) is 0 Å². The Morgan fingerprint density at radius 2 is 2.21 bits per heavy atom. The van der Waals surface area contributed by atoms with E-state index < -0.39 is 5.97 Å². The van der Waals surface area contributed by atoms with Crippen LogP contribution in [0.15, 0.2) is 30.3 Å². The maximum Gasteiger partial charge on any atom is 0.328 e. The molecule has 0 fully saturated rings. The van der Waals surface area contributed by atoms with Gasteiger partial charge in [-0.05, 0) is 17.2 Å². The third-order valence-corrected chi connectivity index (χ3v) is 1.76. The lowest BCUT2D eigenvalue weighted by Gasteiger charge is -2.03. The molecule has 0 aliphatic heterocycles.